The number of carbonyl (C=O) groups excluding carboxylic acids is 1. The molecule has 0 aromatic heterocycles. The Bertz CT molecular complexity index is 232. The Balaban J connectivity index is 2.43. The minimum Gasteiger partial charge on any atom is -0.341 e. The van der Waals surface area contributed by atoms with Crippen molar-refractivity contribution in [1.82, 2.24) is 9.80 Å². The molecule has 1 aliphatic rings. The fourth-order valence-electron chi connectivity index (χ4n) is 2.18. The molecule has 0 aliphatic carbocycles. The van der Waals surface area contributed by atoms with Crippen molar-refractivity contribution in [2.75, 3.05) is 33.7 Å². The molecule has 4 heteroatoms. The monoisotopic (exact) mass is 227 g/mol. The normalized spacial score (nSPS) is 24.1. The Morgan fingerprint density at radius 3 is 2.88 bits per heavy atom. The Morgan fingerprint density at radius 2 is 2.31 bits per heavy atom. The van der Waals surface area contributed by atoms with Gasteiger partial charge >= 0.3 is 0 Å². The standard InChI is InChI=1S/C12H25N3O/c1-10(8-13)7-12(16)15(3)11-5-4-6-14(2)9-11/h10-11H,4-9,13H2,1-3H3. The van der Waals surface area contributed by atoms with Crippen molar-refractivity contribution in [2.24, 2.45) is 11.7 Å². The van der Waals surface area contributed by atoms with Crippen LogP contribution < -0.4 is 5.73 Å². The minimum atomic E-state index is 0.234. The minimum absolute atomic E-state index is 0.234. The molecule has 1 aliphatic heterocycles. The molecule has 4 nitrogen and oxygen atoms in total. The average molecular weight is 227 g/mol. The van der Waals surface area contributed by atoms with Crippen molar-refractivity contribution in [3.05, 3.63) is 0 Å². The van der Waals surface area contributed by atoms with Crippen LogP contribution in [0.5, 0.6) is 0 Å². The van der Waals surface area contributed by atoms with Gasteiger partial charge in [0, 0.05) is 26.1 Å². The first-order chi connectivity index (χ1) is 7.54. The smallest absolute Gasteiger partial charge is 0.222 e. The van der Waals surface area contributed by atoms with Crippen molar-refractivity contribution in [2.45, 2.75) is 32.2 Å². The first-order valence-electron chi connectivity index (χ1n) is 6.18. The Morgan fingerprint density at radius 1 is 1.62 bits per heavy atom. The van der Waals surface area contributed by atoms with Crippen LogP contribution in [0.3, 0.4) is 0 Å². The predicted octanol–water partition coefficient (Wildman–Crippen LogP) is 0.524. The molecule has 0 aromatic carbocycles. The highest BCUT2D eigenvalue weighted by Crippen LogP contribution is 2.15. The lowest BCUT2D eigenvalue weighted by Gasteiger charge is -2.36. The van der Waals surface area contributed by atoms with E-state index >= 15 is 0 Å². The summed E-state index contributed by atoms with van der Waals surface area (Å²) >= 11 is 0. The van der Waals surface area contributed by atoms with Gasteiger partial charge in [-0.3, -0.25) is 4.79 Å². The van der Waals surface area contributed by atoms with Crippen LogP contribution in [0.4, 0.5) is 0 Å². The maximum atomic E-state index is 12.0. The van der Waals surface area contributed by atoms with Gasteiger partial charge < -0.3 is 15.5 Å². The quantitative estimate of drug-likeness (QED) is 0.762. The molecule has 1 rings (SSSR count). The molecule has 2 unspecified atom stereocenters. The summed E-state index contributed by atoms with van der Waals surface area (Å²) in [7, 11) is 4.04. The van der Waals surface area contributed by atoms with Crippen LogP contribution in [0.1, 0.15) is 26.2 Å². The fourth-order valence-corrected chi connectivity index (χ4v) is 2.18. The van der Waals surface area contributed by atoms with Crippen molar-refractivity contribution < 1.29 is 4.79 Å². The van der Waals surface area contributed by atoms with Crippen LogP contribution in [-0.2, 0) is 4.79 Å². The Hall–Kier alpha value is -0.610. The lowest BCUT2D eigenvalue weighted by molar-refractivity contribution is -0.133. The van der Waals surface area contributed by atoms with E-state index in [-0.39, 0.29) is 11.8 Å². The maximum absolute atomic E-state index is 12.0. The van der Waals surface area contributed by atoms with Crippen LogP contribution in [0.25, 0.3) is 0 Å². The van der Waals surface area contributed by atoms with Gasteiger partial charge in [0.25, 0.3) is 0 Å². The first kappa shape index (κ1) is 13.5. The zero-order valence-electron chi connectivity index (χ0n) is 10.8. The van der Waals surface area contributed by atoms with Gasteiger partial charge in [-0.15, -0.1) is 0 Å². The van der Waals surface area contributed by atoms with E-state index < -0.39 is 0 Å². The van der Waals surface area contributed by atoms with Crippen LogP contribution in [0, 0.1) is 5.92 Å². The molecule has 0 bridgehead atoms. The van der Waals surface area contributed by atoms with Crippen molar-refractivity contribution >= 4 is 5.91 Å². The van der Waals surface area contributed by atoms with E-state index in [1.165, 1.54) is 6.42 Å². The molecule has 0 saturated carbocycles. The summed E-state index contributed by atoms with van der Waals surface area (Å²) in [6.45, 7) is 4.76. The summed E-state index contributed by atoms with van der Waals surface area (Å²) in [5.41, 5.74) is 5.54. The number of piperidine rings is 1. The van der Waals surface area contributed by atoms with Gasteiger partial charge in [-0.2, -0.15) is 0 Å². The maximum Gasteiger partial charge on any atom is 0.222 e. The summed E-state index contributed by atoms with van der Waals surface area (Å²) in [6.07, 6.45) is 2.89. The second-order valence-corrected chi connectivity index (χ2v) is 5.11. The second kappa shape index (κ2) is 6.21. The zero-order valence-corrected chi connectivity index (χ0v) is 10.8. The van der Waals surface area contributed by atoms with Crippen LogP contribution in [0.2, 0.25) is 0 Å². The molecule has 1 fully saturated rings. The Labute approximate surface area is 98.8 Å². The third-order valence-corrected chi connectivity index (χ3v) is 3.47. The molecule has 0 radical (unpaired) electrons. The van der Waals surface area contributed by atoms with E-state index in [2.05, 4.69) is 11.9 Å². The van der Waals surface area contributed by atoms with Gasteiger partial charge in [0.1, 0.15) is 0 Å². The van der Waals surface area contributed by atoms with Crippen LogP contribution in [-0.4, -0.2) is 55.5 Å². The molecule has 0 aromatic rings. The van der Waals surface area contributed by atoms with E-state index in [0.717, 1.165) is 19.5 Å². The third kappa shape index (κ3) is 3.76. The van der Waals surface area contributed by atoms with Crippen LogP contribution >= 0.6 is 0 Å². The van der Waals surface area contributed by atoms with Crippen LogP contribution in [0.15, 0.2) is 0 Å². The lowest BCUT2D eigenvalue weighted by Crippen LogP contribution is -2.47. The highest BCUT2D eigenvalue weighted by molar-refractivity contribution is 5.76. The molecule has 94 valence electrons. The fraction of sp³-hybridized carbons (Fsp3) is 0.917. The summed E-state index contributed by atoms with van der Waals surface area (Å²) in [5, 5.41) is 0. The number of amides is 1. The van der Waals surface area contributed by atoms with E-state index in [4.69, 9.17) is 5.73 Å². The largest absolute Gasteiger partial charge is 0.341 e. The highest BCUT2D eigenvalue weighted by atomic mass is 16.2. The van der Waals surface area contributed by atoms with Gasteiger partial charge in [-0.05, 0) is 38.9 Å². The van der Waals surface area contributed by atoms with E-state index in [1.807, 2.05) is 18.9 Å². The molecular formula is C12H25N3O. The molecule has 1 saturated heterocycles. The summed E-state index contributed by atoms with van der Waals surface area (Å²) in [5.74, 6) is 0.523. The first-order valence-corrected chi connectivity index (χ1v) is 6.18. The number of rotatable bonds is 4. The molecular weight excluding hydrogens is 202 g/mol. The van der Waals surface area contributed by atoms with Gasteiger partial charge in [-0.25, -0.2) is 0 Å². The molecule has 2 N–H and O–H groups in total. The average Bonchev–Trinajstić information content (AvgIpc) is 2.27. The van der Waals surface area contributed by atoms with Crippen molar-refractivity contribution in [3.63, 3.8) is 0 Å². The Kier molecular flexibility index (Phi) is 5.22. The molecule has 16 heavy (non-hydrogen) atoms. The number of nitrogens with two attached hydrogens (primary N) is 1. The SMILES string of the molecule is CC(CN)CC(=O)N(C)C1CCCN(C)C1. The lowest BCUT2D eigenvalue weighted by atomic mass is 10.0. The predicted molar refractivity (Wildman–Crippen MR) is 66.1 cm³/mol. The highest BCUT2D eigenvalue weighted by Gasteiger charge is 2.24. The topological polar surface area (TPSA) is 49.6 Å². The van der Waals surface area contributed by atoms with E-state index in [0.29, 0.717) is 19.0 Å². The number of nitrogens with zero attached hydrogens (tertiary/aromatic N) is 2. The summed E-state index contributed by atoms with van der Waals surface area (Å²) in [4.78, 5) is 16.2. The number of hydrogen-bond donors (Lipinski definition) is 1. The number of likely N-dealkylation sites (tertiary alicyclic amines) is 1. The second-order valence-electron chi connectivity index (χ2n) is 5.11. The molecule has 0 spiro atoms. The number of likely N-dealkylation sites (N-methyl/N-ethyl adjacent to an activating group) is 2. The molecule has 1 amide bonds. The van der Waals surface area contributed by atoms with Gasteiger partial charge in [0.15, 0.2) is 0 Å². The van der Waals surface area contributed by atoms with E-state index in [9.17, 15) is 4.79 Å². The zero-order chi connectivity index (χ0) is 12.1. The summed E-state index contributed by atoms with van der Waals surface area (Å²) < 4.78 is 0. The third-order valence-electron chi connectivity index (χ3n) is 3.47. The van der Waals surface area contributed by atoms with Gasteiger partial charge in [-0.1, -0.05) is 6.92 Å². The molecule has 1 heterocycles. The van der Waals surface area contributed by atoms with Gasteiger partial charge in [0.2, 0.25) is 5.91 Å². The molecule has 2 atom stereocenters. The van der Waals surface area contributed by atoms with Gasteiger partial charge in [0.05, 0.1) is 0 Å². The summed E-state index contributed by atoms with van der Waals surface area (Å²) in [6, 6.07) is 0.385. The van der Waals surface area contributed by atoms with Crippen molar-refractivity contribution in [1.29, 1.82) is 0 Å². The van der Waals surface area contributed by atoms with Crippen molar-refractivity contribution in [3.8, 4) is 0 Å². The number of hydrogen-bond acceptors (Lipinski definition) is 3. The number of carbonyl (C=O) groups is 1. The van der Waals surface area contributed by atoms with E-state index in [1.54, 1.807) is 0 Å².